The number of aliphatic imine (C=N–C) groups is 1. The number of rotatable bonds is 17. The van der Waals surface area contributed by atoms with Crippen LogP contribution in [0, 0.1) is 41.3 Å². The molecule has 4 rings (SSSR count). The summed E-state index contributed by atoms with van der Waals surface area (Å²) in [6.45, 7) is 19.5. The van der Waals surface area contributed by atoms with Crippen molar-refractivity contribution in [2.24, 2.45) is 40.5 Å². The quantitative estimate of drug-likeness (QED) is 0.152. The molecule has 3 N–H and O–H groups in total. The number of hydrogen-bond donors (Lipinski definition) is 3. The molecule has 5 unspecified atom stereocenters. The van der Waals surface area contributed by atoms with Gasteiger partial charge in [0.1, 0.15) is 5.82 Å². The predicted octanol–water partition coefficient (Wildman–Crippen LogP) is 7.87. The van der Waals surface area contributed by atoms with Crippen molar-refractivity contribution in [3.63, 3.8) is 0 Å². The molecule has 0 aromatic heterocycles. The van der Waals surface area contributed by atoms with E-state index in [-0.39, 0.29) is 5.82 Å². The van der Waals surface area contributed by atoms with Gasteiger partial charge in [0.25, 0.3) is 0 Å². The van der Waals surface area contributed by atoms with Crippen molar-refractivity contribution in [2.75, 3.05) is 52.5 Å². The van der Waals surface area contributed by atoms with Crippen LogP contribution in [0.4, 0.5) is 4.39 Å². The number of nitrogens with zero attached hydrogens (tertiary/aromatic N) is 2. The monoisotopic (exact) mass is 641 g/mol. The highest BCUT2D eigenvalue weighted by Crippen LogP contribution is 2.50. The minimum absolute atomic E-state index is 0.0747. The zero-order chi connectivity index (χ0) is 32.0. The Hall–Kier alpha value is -1.73. The summed E-state index contributed by atoms with van der Waals surface area (Å²) in [6, 6.07) is 5.83. The number of unbranched alkanes of at least 4 members (excludes halogenated alkanes) is 1. The molecule has 1 saturated carbocycles. The Labute approximate surface area is 278 Å². The fourth-order valence-electron chi connectivity index (χ4n) is 7.40. The number of halogens is 2. The van der Waals surface area contributed by atoms with Gasteiger partial charge in [0.2, 0.25) is 0 Å². The molecule has 45 heavy (non-hydrogen) atoms. The van der Waals surface area contributed by atoms with Crippen molar-refractivity contribution in [3.05, 3.63) is 53.0 Å². The summed E-state index contributed by atoms with van der Waals surface area (Å²) in [7, 11) is 0. The second-order valence-electron chi connectivity index (χ2n) is 14.5. The van der Waals surface area contributed by atoms with E-state index in [1.54, 1.807) is 18.5 Å². The minimum Gasteiger partial charge on any atom is -0.377 e. The van der Waals surface area contributed by atoms with E-state index in [2.05, 4.69) is 59.3 Å². The molecule has 5 nitrogen and oxygen atoms in total. The second-order valence-corrected chi connectivity index (χ2v) is 15.0. The Morgan fingerprint density at radius 3 is 2.84 bits per heavy atom. The van der Waals surface area contributed by atoms with Crippen LogP contribution in [0.25, 0.3) is 5.57 Å². The van der Waals surface area contributed by atoms with Gasteiger partial charge in [-0.3, -0.25) is 4.99 Å². The Balaban J connectivity index is 1.11. The van der Waals surface area contributed by atoms with Gasteiger partial charge in [-0.2, -0.15) is 0 Å². The Morgan fingerprint density at radius 2 is 2.04 bits per heavy atom. The second kappa shape index (κ2) is 19.2. The standard InChI is InChI=1S/C38H61ClFN5/c1-5-6-7-28(2)12-15-41-21-31-25-45(26-31)24-29(3)18-35-11-10-33(20-38(35)40)30(4)8-9-34-19-37(34)32-13-16-42-22-36(39)23-44-27-43-17-14-32/h10-11,20,22-23,28-29,31-32,34,37,41,43-44H,4-9,12-19,21,24-27H2,1-3H3/b36-23+,42-22-. The van der Waals surface area contributed by atoms with Crippen LogP contribution in [0.5, 0.6) is 0 Å². The largest absolute Gasteiger partial charge is 0.377 e. The molecule has 0 amide bonds. The van der Waals surface area contributed by atoms with E-state index < -0.39 is 0 Å². The maximum absolute atomic E-state index is 15.2. The van der Waals surface area contributed by atoms with Gasteiger partial charge in [-0.15, -0.1) is 0 Å². The summed E-state index contributed by atoms with van der Waals surface area (Å²) in [5.74, 6) is 4.14. The van der Waals surface area contributed by atoms with Crippen molar-refractivity contribution >= 4 is 23.4 Å². The summed E-state index contributed by atoms with van der Waals surface area (Å²) in [5, 5.41) is 11.0. The Bertz CT molecular complexity index is 1100. The van der Waals surface area contributed by atoms with Gasteiger partial charge >= 0.3 is 0 Å². The molecule has 1 aromatic rings. The molecule has 0 spiro atoms. The molecule has 1 aliphatic carbocycles. The number of allylic oxidation sites excluding steroid dienone is 2. The lowest BCUT2D eigenvalue weighted by atomic mass is 9.92. The van der Waals surface area contributed by atoms with E-state index >= 15 is 4.39 Å². The molecule has 7 heteroatoms. The lowest BCUT2D eigenvalue weighted by Crippen LogP contribution is -2.52. The first kappa shape index (κ1) is 36.1. The van der Waals surface area contributed by atoms with Crippen molar-refractivity contribution in [1.82, 2.24) is 20.9 Å². The van der Waals surface area contributed by atoms with Crippen molar-refractivity contribution < 1.29 is 4.39 Å². The molecular formula is C38H61ClFN5. The first-order valence-corrected chi connectivity index (χ1v) is 18.4. The van der Waals surface area contributed by atoms with Crippen LogP contribution in [0.1, 0.15) is 89.7 Å². The zero-order valence-electron chi connectivity index (χ0n) is 28.4. The molecule has 0 bridgehead atoms. The summed E-state index contributed by atoms with van der Waals surface area (Å²) < 4.78 is 15.2. The summed E-state index contributed by atoms with van der Waals surface area (Å²) in [4.78, 5) is 7.06. The highest BCUT2D eigenvalue weighted by molar-refractivity contribution is 6.39. The third kappa shape index (κ3) is 12.8. The van der Waals surface area contributed by atoms with Crippen LogP contribution in [0.2, 0.25) is 0 Å². The first-order chi connectivity index (χ1) is 21.8. The van der Waals surface area contributed by atoms with Gasteiger partial charge in [0, 0.05) is 45.1 Å². The predicted molar refractivity (Wildman–Crippen MR) is 191 cm³/mol. The maximum Gasteiger partial charge on any atom is 0.127 e. The smallest absolute Gasteiger partial charge is 0.127 e. The fourth-order valence-corrected chi connectivity index (χ4v) is 7.55. The molecule has 0 radical (unpaired) electrons. The van der Waals surface area contributed by atoms with Gasteiger partial charge in [0.05, 0.1) is 11.7 Å². The number of hydrogen-bond acceptors (Lipinski definition) is 5. The molecule has 3 aliphatic rings. The van der Waals surface area contributed by atoms with Crippen molar-refractivity contribution in [3.8, 4) is 0 Å². The van der Waals surface area contributed by atoms with Crippen molar-refractivity contribution in [1.29, 1.82) is 0 Å². The van der Waals surface area contributed by atoms with Gasteiger partial charge in [-0.1, -0.05) is 70.3 Å². The third-order valence-electron chi connectivity index (χ3n) is 10.3. The van der Waals surface area contributed by atoms with Gasteiger partial charge in [-0.05, 0) is 116 Å². The molecular weight excluding hydrogens is 581 g/mol. The summed E-state index contributed by atoms with van der Waals surface area (Å²) in [6.07, 6.45) is 15.3. The lowest BCUT2D eigenvalue weighted by Gasteiger charge is -2.41. The maximum atomic E-state index is 15.2. The molecule has 2 fully saturated rings. The van der Waals surface area contributed by atoms with Gasteiger partial charge in [0.15, 0.2) is 0 Å². The summed E-state index contributed by atoms with van der Waals surface area (Å²) >= 11 is 6.16. The van der Waals surface area contributed by atoms with E-state index in [0.717, 1.165) is 98.8 Å². The summed E-state index contributed by atoms with van der Waals surface area (Å²) in [5.41, 5.74) is 2.86. The van der Waals surface area contributed by atoms with Gasteiger partial charge in [-0.25, -0.2) is 4.39 Å². The molecule has 2 aliphatic heterocycles. The lowest BCUT2D eigenvalue weighted by molar-refractivity contribution is 0.0835. The van der Waals surface area contributed by atoms with Crippen LogP contribution in [-0.4, -0.2) is 63.6 Å². The van der Waals surface area contributed by atoms with Crippen LogP contribution in [0.15, 0.2) is 41.0 Å². The minimum atomic E-state index is -0.0747. The highest BCUT2D eigenvalue weighted by atomic mass is 35.5. The average Bonchev–Trinajstić information content (AvgIpc) is 3.77. The van der Waals surface area contributed by atoms with Crippen LogP contribution in [-0.2, 0) is 6.42 Å². The molecule has 252 valence electrons. The Morgan fingerprint density at radius 1 is 1.20 bits per heavy atom. The van der Waals surface area contributed by atoms with E-state index in [9.17, 15) is 0 Å². The molecule has 2 heterocycles. The van der Waals surface area contributed by atoms with E-state index in [1.165, 1.54) is 51.6 Å². The third-order valence-corrected chi connectivity index (χ3v) is 10.5. The normalized spacial score (nSPS) is 26.3. The first-order valence-electron chi connectivity index (χ1n) is 18.0. The Kier molecular flexibility index (Phi) is 15.4. The zero-order valence-corrected chi connectivity index (χ0v) is 29.2. The molecule has 5 atom stereocenters. The number of nitrogens with one attached hydrogen (secondary N) is 3. The van der Waals surface area contributed by atoms with Crippen LogP contribution in [0.3, 0.4) is 0 Å². The van der Waals surface area contributed by atoms with Crippen molar-refractivity contribution in [2.45, 2.75) is 85.0 Å². The van der Waals surface area contributed by atoms with Crippen LogP contribution >= 0.6 is 11.6 Å². The van der Waals surface area contributed by atoms with Gasteiger partial charge < -0.3 is 20.9 Å². The van der Waals surface area contributed by atoms with Crippen LogP contribution < -0.4 is 16.0 Å². The van der Waals surface area contributed by atoms with E-state index in [1.807, 2.05) is 6.07 Å². The molecule has 1 aromatic carbocycles. The van der Waals surface area contributed by atoms with E-state index in [4.69, 9.17) is 11.6 Å². The SMILES string of the molecule is C=C(CCC1CC1C1CC/N=C\C(Cl)=C/NCNCC1)c1ccc(CC(C)CN2CC(CNCCC(C)CCCC)C2)c(F)c1. The molecule has 1 saturated heterocycles. The fraction of sp³-hybridized carbons (Fsp3) is 0.711. The highest BCUT2D eigenvalue weighted by Gasteiger charge is 2.41. The topological polar surface area (TPSA) is 51.7 Å². The average molecular weight is 642 g/mol. The number of likely N-dealkylation sites (tertiary alicyclic amines) is 1. The van der Waals surface area contributed by atoms with E-state index in [0.29, 0.717) is 23.5 Å². The number of benzene rings is 1.